The van der Waals surface area contributed by atoms with E-state index in [1.165, 1.54) is 39.1 Å². The van der Waals surface area contributed by atoms with Crippen LogP contribution in [0.4, 0.5) is 5.13 Å². The van der Waals surface area contributed by atoms with Crippen LogP contribution in [0.5, 0.6) is 0 Å². The zero-order chi connectivity index (χ0) is 20.6. The number of amides is 1. The first-order valence-corrected chi connectivity index (χ1v) is 12.1. The van der Waals surface area contributed by atoms with Crippen molar-refractivity contribution in [1.29, 1.82) is 0 Å². The largest absolute Gasteiger partial charge is 0.373 e. The number of ether oxygens (including phenoxy) is 1. The molecule has 0 radical (unpaired) electrons. The highest BCUT2D eigenvalue weighted by molar-refractivity contribution is 7.89. The molecular weight excluding hydrogens is 410 g/mol. The first kappa shape index (κ1) is 20.5. The number of nitrogens with one attached hydrogen (secondary N) is 1. The van der Waals surface area contributed by atoms with Gasteiger partial charge in [0.1, 0.15) is 0 Å². The number of hydrogen-bond donors (Lipinski definition) is 1. The van der Waals surface area contributed by atoms with Crippen LogP contribution in [0.1, 0.15) is 47.6 Å². The van der Waals surface area contributed by atoms with Crippen molar-refractivity contribution in [2.24, 2.45) is 0 Å². The molecular formula is C20H25N3O4S2. The summed E-state index contributed by atoms with van der Waals surface area (Å²) in [4.78, 5) is 18.5. The van der Waals surface area contributed by atoms with E-state index in [1.807, 2.05) is 13.8 Å². The van der Waals surface area contributed by atoms with Crippen molar-refractivity contribution < 1.29 is 17.9 Å². The minimum absolute atomic E-state index is 0.150. The summed E-state index contributed by atoms with van der Waals surface area (Å²) in [5, 5.41) is 3.45. The van der Waals surface area contributed by atoms with Gasteiger partial charge in [-0.15, -0.1) is 11.3 Å². The van der Waals surface area contributed by atoms with Crippen molar-refractivity contribution in [3.8, 4) is 0 Å². The van der Waals surface area contributed by atoms with Crippen LogP contribution in [0.25, 0.3) is 0 Å². The SMILES string of the molecule is C[C@@H]1CN(S(=O)(=O)c2ccc(C(=O)Nc3nc4c(s3)CCCC4)cc2)C[C@H](C)O1. The Kier molecular flexibility index (Phi) is 5.74. The van der Waals surface area contributed by atoms with E-state index in [9.17, 15) is 13.2 Å². The van der Waals surface area contributed by atoms with E-state index in [4.69, 9.17) is 4.74 Å². The van der Waals surface area contributed by atoms with Gasteiger partial charge >= 0.3 is 0 Å². The second-order valence-corrected chi connectivity index (χ2v) is 10.7. The number of thiazole rings is 1. The van der Waals surface area contributed by atoms with Crippen molar-refractivity contribution in [1.82, 2.24) is 9.29 Å². The minimum Gasteiger partial charge on any atom is -0.373 e. The molecule has 7 nitrogen and oxygen atoms in total. The van der Waals surface area contributed by atoms with E-state index in [1.54, 1.807) is 12.1 Å². The second-order valence-electron chi connectivity index (χ2n) is 7.65. The number of fused-ring (bicyclic) bond motifs is 1. The van der Waals surface area contributed by atoms with Crippen LogP contribution in [-0.4, -0.2) is 48.9 Å². The Balaban J connectivity index is 1.47. The molecule has 0 spiro atoms. The summed E-state index contributed by atoms with van der Waals surface area (Å²) in [6.45, 7) is 4.37. The van der Waals surface area contributed by atoms with Gasteiger partial charge in [0.2, 0.25) is 10.0 Å². The van der Waals surface area contributed by atoms with Gasteiger partial charge in [-0.2, -0.15) is 4.31 Å². The third-order valence-corrected chi connectivity index (χ3v) is 8.13. The number of sulfonamides is 1. The average Bonchev–Trinajstić information content (AvgIpc) is 3.09. The van der Waals surface area contributed by atoms with Gasteiger partial charge in [0.15, 0.2) is 5.13 Å². The maximum absolute atomic E-state index is 12.9. The molecule has 1 aliphatic heterocycles. The number of aryl methyl sites for hydroxylation is 2. The molecule has 9 heteroatoms. The van der Waals surface area contributed by atoms with Crippen molar-refractivity contribution in [3.63, 3.8) is 0 Å². The zero-order valence-electron chi connectivity index (χ0n) is 16.6. The van der Waals surface area contributed by atoms with Crippen LogP contribution in [-0.2, 0) is 27.6 Å². The summed E-state index contributed by atoms with van der Waals surface area (Å²) in [6, 6.07) is 6.07. The first-order valence-electron chi connectivity index (χ1n) is 9.88. The van der Waals surface area contributed by atoms with Crippen LogP contribution < -0.4 is 5.32 Å². The fourth-order valence-electron chi connectivity index (χ4n) is 3.83. The number of nitrogens with zero attached hydrogens (tertiary/aromatic N) is 2. The van der Waals surface area contributed by atoms with E-state index in [2.05, 4.69) is 10.3 Å². The number of anilines is 1. The number of benzene rings is 1. The Labute approximate surface area is 175 Å². The van der Waals surface area contributed by atoms with E-state index >= 15 is 0 Å². The monoisotopic (exact) mass is 435 g/mol. The van der Waals surface area contributed by atoms with Gasteiger partial charge in [-0.1, -0.05) is 0 Å². The molecule has 2 atom stereocenters. The number of hydrogen-bond acceptors (Lipinski definition) is 6. The Morgan fingerprint density at radius 1 is 1.14 bits per heavy atom. The topological polar surface area (TPSA) is 88.6 Å². The third-order valence-electron chi connectivity index (χ3n) is 5.21. The molecule has 2 aliphatic rings. The van der Waals surface area contributed by atoms with E-state index in [0.717, 1.165) is 25.0 Å². The summed E-state index contributed by atoms with van der Waals surface area (Å²) in [7, 11) is -3.62. The maximum atomic E-state index is 12.9. The summed E-state index contributed by atoms with van der Waals surface area (Å²) in [5.74, 6) is -0.284. The van der Waals surface area contributed by atoms with Gasteiger partial charge < -0.3 is 4.74 Å². The van der Waals surface area contributed by atoms with Gasteiger partial charge in [0.25, 0.3) is 5.91 Å². The minimum atomic E-state index is -3.62. The Bertz CT molecular complexity index is 968. The Hall–Kier alpha value is -1.81. The zero-order valence-corrected chi connectivity index (χ0v) is 18.2. The molecule has 1 amide bonds. The van der Waals surface area contributed by atoms with Crippen molar-refractivity contribution >= 4 is 32.4 Å². The smallest absolute Gasteiger partial charge is 0.257 e. The van der Waals surface area contributed by atoms with Gasteiger partial charge in [-0.05, 0) is 63.8 Å². The highest BCUT2D eigenvalue weighted by Crippen LogP contribution is 2.30. The molecule has 0 bridgehead atoms. The molecule has 1 N–H and O–H groups in total. The Morgan fingerprint density at radius 3 is 2.45 bits per heavy atom. The van der Waals surface area contributed by atoms with E-state index in [0.29, 0.717) is 23.8 Å². The molecule has 1 aromatic heterocycles. The second kappa shape index (κ2) is 8.14. The quantitative estimate of drug-likeness (QED) is 0.797. The number of aromatic nitrogens is 1. The average molecular weight is 436 g/mol. The van der Waals surface area contributed by atoms with Gasteiger partial charge in [-0.3, -0.25) is 10.1 Å². The molecule has 0 saturated carbocycles. The van der Waals surface area contributed by atoms with Gasteiger partial charge in [0.05, 0.1) is 22.8 Å². The summed E-state index contributed by atoms with van der Waals surface area (Å²) < 4.78 is 32.9. The number of carbonyl (C=O) groups is 1. The predicted octanol–water partition coefficient (Wildman–Crippen LogP) is 3.07. The van der Waals surface area contributed by atoms with Crippen LogP contribution in [0, 0.1) is 0 Å². The van der Waals surface area contributed by atoms with Crippen molar-refractivity contribution in [2.75, 3.05) is 18.4 Å². The van der Waals surface area contributed by atoms with Crippen molar-refractivity contribution in [2.45, 2.75) is 56.6 Å². The lowest BCUT2D eigenvalue weighted by Crippen LogP contribution is -2.48. The lowest BCUT2D eigenvalue weighted by atomic mass is 10.0. The molecule has 2 heterocycles. The summed E-state index contributed by atoms with van der Waals surface area (Å²) >= 11 is 1.53. The number of morpholine rings is 1. The van der Waals surface area contributed by atoms with Crippen LogP contribution >= 0.6 is 11.3 Å². The molecule has 156 valence electrons. The van der Waals surface area contributed by atoms with E-state index in [-0.39, 0.29) is 23.0 Å². The first-order chi connectivity index (χ1) is 13.8. The third kappa shape index (κ3) is 4.37. The van der Waals surface area contributed by atoms with Crippen molar-refractivity contribution in [3.05, 3.63) is 40.4 Å². The highest BCUT2D eigenvalue weighted by Gasteiger charge is 2.32. The molecule has 2 aromatic rings. The summed E-state index contributed by atoms with van der Waals surface area (Å²) in [5.41, 5.74) is 1.49. The van der Waals surface area contributed by atoms with Crippen LogP contribution in [0.15, 0.2) is 29.2 Å². The number of carbonyl (C=O) groups excluding carboxylic acids is 1. The molecule has 29 heavy (non-hydrogen) atoms. The molecule has 1 aromatic carbocycles. The van der Waals surface area contributed by atoms with E-state index < -0.39 is 10.0 Å². The molecule has 1 fully saturated rings. The molecule has 1 aliphatic carbocycles. The lowest BCUT2D eigenvalue weighted by Gasteiger charge is -2.34. The maximum Gasteiger partial charge on any atom is 0.257 e. The standard InChI is InChI=1S/C20H25N3O4S2/c1-13-11-23(12-14(2)27-13)29(25,26)16-9-7-15(8-10-16)19(24)22-20-21-17-5-3-4-6-18(17)28-20/h7-10,13-14H,3-6,11-12H2,1-2H3,(H,21,22,24)/t13-,14+. The molecule has 4 rings (SSSR count). The molecule has 1 saturated heterocycles. The fraction of sp³-hybridized carbons (Fsp3) is 0.500. The number of rotatable bonds is 4. The van der Waals surface area contributed by atoms with Crippen LogP contribution in [0.3, 0.4) is 0 Å². The Morgan fingerprint density at radius 2 is 1.79 bits per heavy atom. The van der Waals surface area contributed by atoms with Gasteiger partial charge in [0, 0.05) is 23.5 Å². The molecule has 0 unspecified atom stereocenters. The fourth-order valence-corrected chi connectivity index (χ4v) is 6.46. The highest BCUT2D eigenvalue weighted by atomic mass is 32.2. The normalized spacial score (nSPS) is 22.8. The predicted molar refractivity (Wildman–Crippen MR) is 112 cm³/mol. The summed E-state index contributed by atoms with van der Waals surface area (Å²) in [6.07, 6.45) is 3.99. The van der Waals surface area contributed by atoms with Crippen LogP contribution in [0.2, 0.25) is 0 Å². The van der Waals surface area contributed by atoms with Gasteiger partial charge in [-0.25, -0.2) is 13.4 Å². The lowest BCUT2D eigenvalue weighted by molar-refractivity contribution is -0.0440.